The predicted molar refractivity (Wildman–Crippen MR) is 198 cm³/mol. The fourth-order valence-corrected chi connectivity index (χ4v) is 5.68. The van der Waals surface area contributed by atoms with Gasteiger partial charge in [-0.2, -0.15) is 0 Å². The number of hydrogen-bond acceptors (Lipinski definition) is 9. The molecule has 270 valence electrons. The molecule has 51 heavy (non-hydrogen) atoms. The van der Waals surface area contributed by atoms with Crippen LogP contribution in [0.4, 0.5) is 23.0 Å². The van der Waals surface area contributed by atoms with Crippen molar-refractivity contribution in [1.29, 1.82) is 0 Å². The smallest absolute Gasteiger partial charge is 0.293 e. The van der Waals surface area contributed by atoms with Crippen molar-refractivity contribution < 1.29 is 24.0 Å². The maximum Gasteiger partial charge on any atom is 0.293 e. The van der Waals surface area contributed by atoms with Crippen molar-refractivity contribution in [3.8, 4) is 0 Å². The van der Waals surface area contributed by atoms with Crippen LogP contribution in [0.15, 0.2) is 79.1 Å². The Balaban J connectivity index is 1.41. The molecule has 2 heterocycles. The van der Waals surface area contributed by atoms with E-state index >= 15 is 0 Å². The zero-order valence-corrected chi connectivity index (χ0v) is 29.9. The first-order chi connectivity index (χ1) is 24.6. The molecule has 3 aromatic rings. The summed E-state index contributed by atoms with van der Waals surface area (Å²) in [6, 6.07) is 13.7. The van der Waals surface area contributed by atoms with E-state index in [1.165, 1.54) is 0 Å². The molecule has 4 amide bonds. The van der Waals surface area contributed by atoms with Gasteiger partial charge in [0.15, 0.2) is 0 Å². The second-order valence-electron chi connectivity index (χ2n) is 12.4. The van der Waals surface area contributed by atoms with Crippen molar-refractivity contribution in [1.82, 2.24) is 20.2 Å². The van der Waals surface area contributed by atoms with E-state index in [1.807, 2.05) is 37.8 Å². The van der Waals surface area contributed by atoms with Gasteiger partial charge in [0.2, 0.25) is 29.5 Å². The fourth-order valence-electron chi connectivity index (χ4n) is 5.56. The number of benzene rings is 2. The summed E-state index contributed by atoms with van der Waals surface area (Å²) in [7, 11) is 0. The molecular formula is C37H45ClN8O5. The average molecular weight is 717 g/mol. The molecule has 0 aliphatic carbocycles. The van der Waals surface area contributed by atoms with Crippen LogP contribution in [0.2, 0.25) is 5.02 Å². The van der Waals surface area contributed by atoms with E-state index < -0.39 is 36.2 Å². The molecule has 0 saturated carbocycles. The molecule has 0 radical (unpaired) electrons. The van der Waals surface area contributed by atoms with Crippen LogP contribution in [0.25, 0.3) is 0 Å². The number of rotatable bonds is 16. The molecule has 13 nitrogen and oxygen atoms in total. The maximum absolute atomic E-state index is 13.8. The summed E-state index contributed by atoms with van der Waals surface area (Å²) < 4.78 is 0. The summed E-state index contributed by atoms with van der Waals surface area (Å²) in [6.45, 7) is 5.87. The van der Waals surface area contributed by atoms with Crippen LogP contribution < -0.4 is 26.2 Å². The molecule has 4 rings (SSSR count). The predicted octanol–water partition coefficient (Wildman–Crippen LogP) is 4.68. The first-order valence-corrected chi connectivity index (χ1v) is 17.4. The number of unbranched alkanes of at least 4 members (excludes halogenated alkanes) is 2. The van der Waals surface area contributed by atoms with Crippen LogP contribution in [-0.4, -0.2) is 82.5 Å². The van der Waals surface area contributed by atoms with Gasteiger partial charge >= 0.3 is 0 Å². The van der Waals surface area contributed by atoms with Crippen molar-refractivity contribution in [3.63, 3.8) is 0 Å². The van der Waals surface area contributed by atoms with Crippen molar-refractivity contribution in [2.45, 2.75) is 58.5 Å². The highest BCUT2D eigenvalue weighted by molar-refractivity contribution is 6.42. The molecule has 0 bridgehead atoms. The quantitative estimate of drug-likeness (QED) is 0.0936. The van der Waals surface area contributed by atoms with E-state index in [9.17, 15) is 24.0 Å². The lowest BCUT2D eigenvalue weighted by molar-refractivity contribution is -0.136. The summed E-state index contributed by atoms with van der Waals surface area (Å²) in [6.07, 6.45) is 9.98. The number of allylic oxidation sites excluding steroid dienone is 2. The lowest BCUT2D eigenvalue weighted by atomic mass is 10.0. The van der Waals surface area contributed by atoms with Crippen LogP contribution in [-0.2, 0) is 24.0 Å². The lowest BCUT2D eigenvalue weighted by Crippen LogP contribution is -2.62. The van der Waals surface area contributed by atoms with Gasteiger partial charge in [0.1, 0.15) is 12.1 Å². The molecule has 1 aliphatic heterocycles. The number of nitrogens with one attached hydrogen (secondary N) is 4. The number of carbonyl (C=O) groups is 5. The highest BCUT2D eigenvalue weighted by Crippen LogP contribution is 2.25. The average Bonchev–Trinajstić information content (AvgIpc) is 3.13. The number of amides is 4. The summed E-state index contributed by atoms with van der Waals surface area (Å²) in [5.74, 6) is -2.60. The third-order valence-electron chi connectivity index (χ3n) is 8.32. The topological polar surface area (TPSA) is 166 Å². The molecule has 4 N–H and O–H groups in total. The van der Waals surface area contributed by atoms with Crippen LogP contribution in [0.3, 0.4) is 0 Å². The van der Waals surface area contributed by atoms with Gasteiger partial charge in [-0.15, -0.1) is 0 Å². The Morgan fingerprint density at radius 2 is 1.61 bits per heavy atom. The van der Waals surface area contributed by atoms with Gasteiger partial charge in [-0.1, -0.05) is 49.7 Å². The zero-order chi connectivity index (χ0) is 36.8. The third-order valence-corrected chi connectivity index (χ3v) is 8.57. The first-order valence-electron chi connectivity index (χ1n) is 17.0. The van der Waals surface area contributed by atoms with Crippen LogP contribution in [0.1, 0.15) is 46.5 Å². The Bertz CT molecular complexity index is 1690. The summed E-state index contributed by atoms with van der Waals surface area (Å²) in [4.78, 5) is 77.8. The molecule has 2 atom stereocenters. The molecule has 14 heteroatoms. The number of Topliss-reactive ketones (excluding diaryl/α,β-unsaturated/α-hetero) is 1. The normalized spacial score (nSPS) is 15.0. The maximum atomic E-state index is 13.8. The van der Waals surface area contributed by atoms with E-state index in [-0.39, 0.29) is 30.0 Å². The second kappa shape index (κ2) is 19.2. The lowest BCUT2D eigenvalue weighted by Gasteiger charge is -2.43. The van der Waals surface area contributed by atoms with Gasteiger partial charge < -0.3 is 31.1 Å². The van der Waals surface area contributed by atoms with E-state index in [1.54, 1.807) is 71.9 Å². The number of carbonyl (C=O) groups excluding carboxylic acids is 5. The highest BCUT2D eigenvalue weighted by atomic mass is 35.5. The minimum atomic E-state index is -0.952. The second-order valence-corrected chi connectivity index (χ2v) is 12.8. The minimum Gasteiger partial charge on any atom is -0.356 e. The van der Waals surface area contributed by atoms with Crippen molar-refractivity contribution >= 4 is 64.0 Å². The highest BCUT2D eigenvalue weighted by Gasteiger charge is 2.38. The Hall–Kier alpha value is -5.30. The van der Waals surface area contributed by atoms with Gasteiger partial charge in [0.25, 0.3) is 5.91 Å². The zero-order valence-electron chi connectivity index (χ0n) is 29.1. The molecule has 1 saturated heterocycles. The number of hydrogen-bond donors (Lipinski definition) is 4. The number of ketones is 1. The molecule has 0 spiro atoms. The Kier molecular flexibility index (Phi) is 14.5. The van der Waals surface area contributed by atoms with Crippen molar-refractivity contribution in [3.05, 3.63) is 84.2 Å². The van der Waals surface area contributed by atoms with Crippen LogP contribution in [0.5, 0.6) is 0 Å². The minimum absolute atomic E-state index is 0.0244. The van der Waals surface area contributed by atoms with E-state index in [4.69, 9.17) is 11.6 Å². The largest absolute Gasteiger partial charge is 0.356 e. The van der Waals surface area contributed by atoms with Crippen LogP contribution in [0, 0.1) is 5.92 Å². The number of nitrogens with zero attached hydrogens (tertiary/aromatic N) is 4. The van der Waals surface area contributed by atoms with Gasteiger partial charge in [-0.25, -0.2) is 9.97 Å². The molecule has 1 fully saturated rings. The fraction of sp³-hybridized carbons (Fsp3) is 0.378. The van der Waals surface area contributed by atoms with Crippen LogP contribution >= 0.6 is 11.6 Å². The molecule has 1 aliphatic rings. The Morgan fingerprint density at radius 1 is 0.922 bits per heavy atom. The number of halogens is 1. The number of para-hydroxylation sites is 2. The van der Waals surface area contributed by atoms with Crippen molar-refractivity contribution in [2.75, 3.05) is 47.0 Å². The molecule has 1 unspecified atom stereocenters. The van der Waals surface area contributed by atoms with Gasteiger partial charge in [-0.05, 0) is 74.6 Å². The third kappa shape index (κ3) is 11.4. The van der Waals surface area contributed by atoms with Gasteiger partial charge in [-0.3, -0.25) is 24.0 Å². The Labute approximate surface area is 303 Å². The van der Waals surface area contributed by atoms with E-state index in [2.05, 4.69) is 31.2 Å². The molecule has 1 aromatic heterocycles. The molecular weight excluding hydrogens is 672 g/mol. The number of aromatic nitrogens is 2. The summed E-state index contributed by atoms with van der Waals surface area (Å²) in [5.41, 5.74) is 1.33. The van der Waals surface area contributed by atoms with Gasteiger partial charge in [0.05, 0.1) is 24.5 Å². The number of anilines is 4. The monoisotopic (exact) mass is 716 g/mol. The SMILES string of the molecule is C/C=C/CCCCC(=O)Nc1ccccc1NC(=O)C(=O)CNC(=O)[C@H]1CN(C(=O)C(Nc2ncccn2)C(C)C)CCN1c1ccc(Cl)cc1. The summed E-state index contributed by atoms with van der Waals surface area (Å²) >= 11 is 6.12. The van der Waals surface area contributed by atoms with E-state index in [0.717, 1.165) is 12.8 Å². The molecule has 2 aromatic carbocycles. The standard InChI is InChI=1S/C37H45ClN8O5/c1-4-5-6-7-8-14-32(48)42-28-12-9-10-13-29(28)43-35(50)31(47)23-41-34(49)30-24-45(21-22-46(30)27-17-15-26(38)16-18-27)36(51)33(25(2)3)44-37-39-19-11-20-40-37/h4-5,9-13,15-20,25,30,33H,6-8,14,21-24H2,1-3H3,(H,41,49)(H,42,48)(H,43,50)(H,39,40,44)/b5-4+/t30-,33?/m1/s1. The van der Waals surface area contributed by atoms with Crippen molar-refractivity contribution in [2.24, 2.45) is 5.92 Å². The Morgan fingerprint density at radius 3 is 2.27 bits per heavy atom. The first kappa shape index (κ1) is 38.5. The number of piperazine rings is 1. The van der Waals surface area contributed by atoms with E-state index in [0.29, 0.717) is 48.3 Å². The summed E-state index contributed by atoms with van der Waals surface area (Å²) in [5, 5.41) is 11.6. The van der Waals surface area contributed by atoms with Gasteiger partial charge in [0, 0.05) is 42.6 Å².